The molecule has 4 rings (SSSR count). The van der Waals surface area contributed by atoms with Gasteiger partial charge in [-0.25, -0.2) is 4.90 Å². The molecule has 1 unspecified atom stereocenters. The minimum atomic E-state index is -1.09. The Morgan fingerprint density at radius 3 is 2.53 bits per heavy atom. The number of carbonyl (C=O) groups is 3. The first-order valence-electron chi connectivity index (χ1n) is 11.2. The Morgan fingerprint density at radius 1 is 1.19 bits per heavy atom. The van der Waals surface area contributed by atoms with E-state index in [0.717, 1.165) is 11.0 Å². The van der Waals surface area contributed by atoms with Crippen LogP contribution in [0.3, 0.4) is 0 Å². The highest BCUT2D eigenvalue weighted by Crippen LogP contribution is 2.29. The van der Waals surface area contributed by atoms with Crippen LogP contribution >= 0.6 is 11.6 Å². The fraction of sp³-hybridized carbons (Fsp3) is 0.333. The Kier molecular flexibility index (Phi) is 7.59. The Morgan fingerprint density at radius 2 is 1.89 bits per heavy atom. The summed E-state index contributed by atoms with van der Waals surface area (Å²) in [4.78, 5) is 54.9. The van der Waals surface area contributed by atoms with Gasteiger partial charge in [-0.3, -0.25) is 29.4 Å². The van der Waals surface area contributed by atoms with Crippen molar-refractivity contribution in [2.75, 3.05) is 44.3 Å². The minimum absolute atomic E-state index is 0.00912. The van der Waals surface area contributed by atoms with Crippen molar-refractivity contribution in [1.82, 2.24) is 9.80 Å². The zero-order valence-electron chi connectivity index (χ0n) is 19.1. The van der Waals surface area contributed by atoms with E-state index in [2.05, 4.69) is 4.90 Å². The fourth-order valence-corrected chi connectivity index (χ4v) is 4.43. The molecule has 0 saturated carbocycles. The van der Waals surface area contributed by atoms with E-state index in [9.17, 15) is 24.5 Å². The van der Waals surface area contributed by atoms with Crippen LogP contribution in [0.2, 0.25) is 5.02 Å². The number of nitriles is 1. The molecule has 0 N–H and O–H groups in total. The van der Waals surface area contributed by atoms with Crippen LogP contribution in [0.25, 0.3) is 0 Å². The maximum atomic E-state index is 13.6. The summed E-state index contributed by atoms with van der Waals surface area (Å²) < 4.78 is 5.36. The number of ether oxygens (including phenoxy) is 1. The van der Waals surface area contributed by atoms with Crippen LogP contribution in [-0.4, -0.2) is 77.9 Å². The molecule has 2 heterocycles. The van der Waals surface area contributed by atoms with E-state index in [1.165, 1.54) is 41.3 Å². The van der Waals surface area contributed by atoms with Gasteiger partial charge in [0.25, 0.3) is 17.5 Å². The van der Waals surface area contributed by atoms with Crippen LogP contribution in [0.1, 0.15) is 22.3 Å². The van der Waals surface area contributed by atoms with Gasteiger partial charge in [-0.15, -0.1) is 0 Å². The Hall–Kier alpha value is -3.85. The number of anilines is 1. The number of nitro benzene ring substituents is 1. The van der Waals surface area contributed by atoms with E-state index in [-0.39, 0.29) is 23.6 Å². The Bertz CT molecular complexity index is 1240. The third kappa shape index (κ3) is 5.21. The summed E-state index contributed by atoms with van der Waals surface area (Å²) in [6.45, 7) is 2.96. The number of benzene rings is 2. The molecule has 186 valence electrons. The van der Waals surface area contributed by atoms with E-state index >= 15 is 0 Å². The number of halogens is 1. The van der Waals surface area contributed by atoms with Crippen molar-refractivity contribution < 1.29 is 24.0 Å². The van der Waals surface area contributed by atoms with E-state index in [4.69, 9.17) is 21.6 Å². The van der Waals surface area contributed by atoms with E-state index in [1.807, 2.05) is 6.07 Å². The molecular weight excluding hydrogens is 490 g/mol. The molecule has 2 aromatic rings. The zero-order chi connectivity index (χ0) is 25.8. The average Bonchev–Trinajstić information content (AvgIpc) is 3.18. The lowest BCUT2D eigenvalue weighted by atomic mass is 10.1. The predicted octanol–water partition coefficient (Wildman–Crippen LogP) is 2.23. The number of morpholine rings is 1. The highest BCUT2D eigenvalue weighted by molar-refractivity contribution is 6.32. The van der Waals surface area contributed by atoms with Crippen LogP contribution in [0.5, 0.6) is 0 Å². The smallest absolute Gasteiger partial charge is 0.288 e. The summed E-state index contributed by atoms with van der Waals surface area (Å²) in [6, 6.07) is 10.6. The van der Waals surface area contributed by atoms with Crippen molar-refractivity contribution in [3.05, 3.63) is 68.7 Å². The highest BCUT2D eigenvalue weighted by atomic mass is 35.5. The van der Waals surface area contributed by atoms with Crippen LogP contribution in [0, 0.1) is 21.4 Å². The first-order valence-corrected chi connectivity index (χ1v) is 11.6. The van der Waals surface area contributed by atoms with E-state index < -0.39 is 34.4 Å². The van der Waals surface area contributed by atoms with Crippen LogP contribution in [-0.2, 0) is 14.3 Å². The van der Waals surface area contributed by atoms with Crippen LogP contribution in [0.15, 0.2) is 42.5 Å². The van der Waals surface area contributed by atoms with Gasteiger partial charge in [0.05, 0.1) is 41.9 Å². The number of rotatable bonds is 7. The van der Waals surface area contributed by atoms with Crippen molar-refractivity contribution >= 4 is 40.7 Å². The van der Waals surface area contributed by atoms with Crippen molar-refractivity contribution in [2.24, 2.45) is 0 Å². The molecule has 2 aliphatic rings. The number of imide groups is 1. The molecule has 1 atom stereocenters. The van der Waals surface area contributed by atoms with Crippen LogP contribution in [0.4, 0.5) is 11.4 Å². The lowest BCUT2D eigenvalue weighted by Gasteiger charge is -2.32. The molecule has 12 heteroatoms. The summed E-state index contributed by atoms with van der Waals surface area (Å²) in [5.41, 5.74) is 0.240. The van der Waals surface area contributed by atoms with Crippen molar-refractivity contribution in [3.63, 3.8) is 0 Å². The minimum Gasteiger partial charge on any atom is -0.379 e. The normalized spacial score (nSPS) is 18.2. The van der Waals surface area contributed by atoms with E-state index in [0.29, 0.717) is 44.1 Å². The molecule has 2 aromatic carbocycles. The molecule has 2 saturated heterocycles. The summed E-state index contributed by atoms with van der Waals surface area (Å²) in [6.07, 6.45) is -0.233. The molecule has 2 fully saturated rings. The summed E-state index contributed by atoms with van der Waals surface area (Å²) >= 11 is 5.91. The molecule has 0 radical (unpaired) electrons. The topological polar surface area (TPSA) is 137 Å². The van der Waals surface area contributed by atoms with Crippen LogP contribution < -0.4 is 4.90 Å². The van der Waals surface area contributed by atoms with Crippen molar-refractivity contribution in [1.29, 1.82) is 5.26 Å². The molecule has 0 bridgehead atoms. The summed E-state index contributed by atoms with van der Waals surface area (Å²) in [7, 11) is 0. The van der Waals surface area contributed by atoms with Gasteiger partial charge >= 0.3 is 0 Å². The second kappa shape index (κ2) is 10.8. The molecule has 3 amide bonds. The van der Waals surface area contributed by atoms with E-state index in [1.54, 1.807) is 0 Å². The van der Waals surface area contributed by atoms with Gasteiger partial charge in [0.1, 0.15) is 11.1 Å². The second-order valence-electron chi connectivity index (χ2n) is 8.32. The van der Waals surface area contributed by atoms with Gasteiger partial charge in [-0.2, -0.15) is 5.26 Å². The SMILES string of the molecule is N#Cc1ccc(N2C(=O)CC(N(CCN3CCOCC3)C(=O)c3ccc(Cl)c([N+](=O)[O-])c3)C2=O)cc1. The lowest BCUT2D eigenvalue weighted by Crippen LogP contribution is -2.49. The summed E-state index contributed by atoms with van der Waals surface area (Å²) in [5.74, 6) is -1.68. The number of hydrogen-bond acceptors (Lipinski definition) is 8. The maximum absolute atomic E-state index is 13.6. The monoisotopic (exact) mass is 511 g/mol. The summed E-state index contributed by atoms with van der Waals surface area (Å²) in [5, 5.41) is 20.2. The zero-order valence-corrected chi connectivity index (χ0v) is 19.9. The Balaban J connectivity index is 1.63. The number of hydrogen-bond donors (Lipinski definition) is 0. The molecule has 36 heavy (non-hydrogen) atoms. The van der Waals surface area contributed by atoms with Crippen molar-refractivity contribution in [3.8, 4) is 6.07 Å². The van der Waals surface area contributed by atoms with Gasteiger partial charge < -0.3 is 9.64 Å². The third-order valence-electron chi connectivity index (χ3n) is 6.17. The molecular formula is C24H22ClN5O6. The molecule has 11 nitrogen and oxygen atoms in total. The number of amides is 3. The average molecular weight is 512 g/mol. The second-order valence-corrected chi connectivity index (χ2v) is 8.73. The number of carbonyl (C=O) groups excluding carboxylic acids is 3. The van der Waals surface area contributed by atoms with Gasteiger partial charge in [0.15, 0.2) is 0 Å². The number of nitro groups is 1. The molecule has 2 aliphatic heterocycles. The fourth-order valence-electron chi connectivity index (χ4n) is 4.24. The largest absolute Gasteiger partial charge is 0.379 e. The maximum Gasteiger partial charge on any atom is 0.288 e. The van der Waals surface area contributed by atoms with Gasteiger partial charge in [0.2, 0.25) is 5.91 Å². The lowest BCUT2D eigenvalue weighted by molar-refractivity contribution is -0.384. The number of nitrogens with zero attached hydrogens (tertiary/aromatic N) is 5. The van der Waals surface area contributed by atoms with Gasteiger partial charge in [0, 0.05) is 37.8 Å². The first-order chi connectivity index (χ1) is 17.3. The molecule has 0 aliphatic carbocycles. The highest BCUT2D eigenvalue weighted by Gasteiger charge is 2.44. The standard InChI is InChI=1S/C24H22ClN5O6/c25-19-6-3-17(13-20(19)30(34)35)23(32)28(8-7-27-9-11-36-12-10-27)21-14-22(31)29(24(21)33)18-4-1-16(15-26)2-5-18/h1-6,13,21H,7-12,14H2. The molecule has 0 spiro atoms. The molecule has 0 aromatic heterocycles. The van der Waals surface area contributed by atoms with Gasteiger partial charge in [-0.1, -0.05) is 11.6 Å². The predicted molar refractivity (Wildman–Crippen MR) is 128 cm³/mol. The Labute approximate surface area is 211 Å². The first kappa shape index (κ1) is 25.2. The van der Waals surface area contributed by atoms with Gasteiger partial charge in [-0.05, 0) is 36.4 Å². The van der Waals surface area contributed by atoms with Crippen molar-refractivity contribution in [2.45, 2.75) is 12.5 Å². The quantitative estimate of drug-likeness (QED) is 0.313. The third-order valence-corrected chi connectivity index (χ3v) is 6.48.